The van der Waals surface area contributed by atoms with E-state index in [0.717, 1.165) is 18.0 Å². The maximum absolute atomic E-state index is 16.0. The number of benzene rings is 2. The van der Waals surface area contributed by atoms with Gasteiger partial charge in [0.25, 0.3) is 0 Å². The molecule has 0 bridgehead atoms. The predicted molar refractivity (Wildman–Crippen MR) is 125 cm³/mol. The van der Waals surface area contributed by atoms with Crippen molar-refractivity contribution in [2.45, 2.75) is 71.9 Å². The Bertz CT molecular complexity index is 1110. The molecule has 0 aromatic heterocycles. The predicted octanol–water partition coefficient (Wildman–Crippen LogP) is 7.75. The third kappa shape index (κ3) is 6.73. The van der Waals surface area contributed by atoms with Gasteiger partial charge in [-0.05, 0) is 82.9 Å². The Balaban J connectivity index is 2.90. The van der Waals surface area contributed by atoms with Gasteiger partial charge in [-0.25, -0.2) is 13.2 Å². The summed E-state index contributed by atoms with van der Waals surface area (Å²) >= 11 is 1.02. The maximum atomic E-state index is 16.0. The summed E-state index contributed by atoms with van der Waals surface area (Å²) in [7, 11) is 0. The van der Waals surface area contributed by atoms with Gasteiger partial charge < -0.3 is 4.74 Å². The van der Waals surface area contributed by atoms with Crippen molar-refractivity contribution in [1.29, 1.82) is 0 Å². The van der Waals surface area contributed by atoms with E-state index in [4.69, 9.17) is 4.74 Å². The standard InChI is InChI=1S/C25H29F6NO2S/c1-8-34-19(33)11-18(32-35-24(5,6)7)21-22(27)15(10-16(23(21)28)25(29,30)31)20-12(2)9-17(26)13(3)14(20)4/h9-10,18,32H,8,11H2,1-7H3/t18-/m0/s1. The molecule has 3 nitrogen and oxygen atoms in total. The van der Waals surface area contributed by atoms with Crippen molar-refractivity contribution in [2.75, 3.05) is 6.61 Å². The molecule has 2 rings (SSSR count). The fraction of sp³-hybridized carbons (Fsp3) is 0.480. The first kappa shape index (κ1) is 29.0. The second kappa shape index (κ2) is 10.8. The van der Waals surface area contributed by atoms with E-state index in [2.05, 4.69) is 4.72 Å². The highest BCUT2D eigenvalue weighted by Gasteiger charge is 2.40. The van der Waals surface area contributed by atoms with Gasteiger partial charge in [-0.3, -0.25) is 9.52 Å². The quantitative estimate of drug-likeness (QED) is 0.230. The lowest BCUT2D eigenvalue weighted by Crippen LogP contribution is -2.27. The molecular formula is C25H29F6NO2S. The number of rotatable bonds is 7. The van der Waals surface area contributed by atoms with Gasteiger partial charge in [-0.15, -0.1) is 0 Å². The van der Waals surface area contributed by atoms with Crippen LogP contribution in [0.2, 0.25) is 0 Å². The Labute approximate surface area is 205 Å². The van der Waals surface area contributed by atoms with Crippen LogP contribution in [0.5, 0.6) is 0 Å². The molecule has 0 heterocycles. The number of carbonyl (C=O) groups excluding carboxylic acids is 1. The molecule has 0 spiro atoms. The number of ether oxygens (including phenoxy) is 1. The van der Waals surface area contributed by atoms with Crippen molar-refractivity contribution >= 4 is 17.9 Å². The number of nitrogens with one attached hydrogen (secondary N) is 1. The van der Waals surface area contributed by atoms with Gasteiger partial charge in [0.15, 0.2) is 0 Å². The maximum Gasteiger partial charge on any atom is 0.419 e. The zero-order valence-electron chi connectivity index (χ0n) is 20.6. The first-order valence-corrected chi connectivity index (χ1v) is 11.8. The van der Waals surface area contributed by atoms with Crippen LogP contribution in [-0.2, 0) is 15.7 Å². The Morgan fingerprint density at radius 1 is 1.03 bits per heavy atom. The van der Waals surface area contributed by atoms with E-state index in [9.17, 15) is 22.4 Å². The van der Waals surface area contributed by atoms with Crippen LogP contribution >= 0.6 is 11.9 Å². The molecule has 0 saturated carbocycles. The average molecular weight is 522 g/mol. The van der Waals surface area contributed by atoms with Crippen LogP contribution in [0.4, 0.5) is 26.3 Å². The summed E-state index contributed by atoms with van der Waals surface area (Å²) in [5.41, 5.74) is -2.55. The molecule has 1 atom stereocenters. The van der Waals surface area contributed by atoms with Crippen LogP contribution < -0.4 is 4.72 Å². The molecular weight excluding hydrogens is 492 g/mol. The van der Waals surface area contributed by atoms with Crippen LogP contribution in [0, 0.1) is 38.2 Å². The second-order valence-electron chi connectivity index (χ2n) is 9.21. The summed E-state index contributed by atoms with van der Waals surface area (Å²) in [6.07, 6.45) is -5.75. The highest BCUT2D eigenvalue weighted by Crippen LogP contribution is 2.43. The first-order chi connectivity index (χ1) is 16.0. The lowest BCUT2D eigenvalue weighted by Gasteiger charge is -2.27. The van der Waals surface area contributed by atoms with Gasteiger partial charge in [0.05, 0.1) is 24.6 Å². The monoisotopic (exact) mass is 521 g/mol. The summed E-state index contributed by atoms with van der Waals surface area (Å²) in [6.45, 7) is 11.2. The topological polar surface area (TPSA) is 38.3 Å². The van der Waals surface area contributed by atoms with Gasteiger partial charge in [0.1, 0.15) is 17.5 Å². The average Bonchev–Trinajstić information content (AvgIpc) is 2.70. The molecule has 10 heteroatoms. The van der Waals surface area contributed by atoms with Gasteiger partial charge >= 0.3 is 12.1 Å². The van der Waals surface area contributed by atoms with Crippen LogP contribution in [0.15, 0.2) is 12.1 Å². The lowest BCUT2D eigenvalue weighted by molar-refractivity contribution is -0.143. The Kier molecular flexibility index (Phi) is 8.98. The summed E-state index contributed by atoms with van der Waals surface area (Å²) < 4.78 is 94.3. The summed E-state index contributed by atoms with van der Waals surface area (Å²) in [4.78, 5) is 12.2. The number of aryl methyl sites for hydroxylation is 1. The minimum absolute atomic E-state index is 0.00990. The van der Waals surface area contributed by atoms with E-state index in [1.807, 2.05) is 0 Å². The van der Waals surface area contributed by atoms with E-state index >= 15 is 8.78 Å². The fourth-order valence-corrected chi connectivity index (χ4v) is 4.33. The molecule has 0 aliphatic heterocycles. The highest BCUT2D eigenvalue weighted by molar-refractivity contribution is 7.98. The second-order valence-corrected chi connectivity index (χ2v) is 10.9. The fourth-order valence-electron chi connectivity index (χ4n) is 3.64. The van der Waals surface area contributed by atoms with E-state index < -0.39 is 63.5 Å². The van der Waals surface area contributed by atoms with Gasteiger partial charge in [-0.2, -0.15) is 13.2 Å². The third-order valence-electron chi connectivity index (χ3n) is 5.37. The highest BCUT2D eigenvalue weighted by atomic mass is 32.2. The summed E-state index contributed by atoms with van der Waals surface area (Å²) in [6, 6.07) is 0.0256. The normalized spacial score (nSPS) is 13.2. The lowest BCUT2D eigenvalue weighted by atomic mass is 9.88. The van der Waals surface area contributed by atoms with E-state index in [0.29, 0.717) is 6.07 Å². The summed E-state index contributed by atoms with van der Waals surface area (Å²) in [5.74, 6) is -4.50. The first-order valence-electron chi connectivity index (χ1n) is 10.9. The Morgan fingerprint density at radius 2 is 1.63 bits per heavy atom. The number of carbonyl (C=O) groups is 1. The largest absolute Gasteiger partial charge is 0.466 e. The molecule has 2 aromatic rings. The number of esters is 1. The molecule has 0 saturated heterocycles. The zero-order chi connectivity index (χ0) is 26.9. The number of halogens is 6. The minimum Gasteiger partial charge on any atom is -0.466 e. The molecule has 0 aliphatic carbocycles. The van der Waals surface area contributed by atoms with Crippen LogP contribution in [0.1, 0.15) is 68.0 Å². The molecule has 0 unspecified atom stereocenters. The minimum atomic E-state index is -5.15. The molecule has 2 aromatic carbocycles. The molecule has 0 fully saturated rings. The van der Waals surface area contributed by atoms with Crippen LogP contribution in [0.25, 0.3) is 11.1 Å². The zero-order valence-corrected chi connectivity index (χ0v) is 21.5. The molecule has 194 valence electrons. The van der Waals surface area contributed by atoms with Gasteiger partial charge in [0.2, 0.25) is 0 Å². The number of alkyl halides is 3. The van der Waals surface area contributed by atoms with Crippen LogP contribution in [-0.4, -0.2) is 17.3 Å². The Morgan fingerprint density at radius 3 is 2.14 bits per heavy atom. The van der Waals surface area contributed by atoms with Gasteiger partial charge in [-0.1, -0.05) is 11.9 Å². The van der Waals surface area contributed by atoms with E-state index in [1.165, 1.54) is 27.7 Å². The van der Waals surface area contributed by atoms with Crippen LogP contribution in [0.3, 0.4) is 0 Å². The SMILES string of the molecule is CCOC(=O)C[C@H](NSC(C)(C)C)c1c(F)c(-c2c(C)cc(F)c(C)c2C)cc(C(F)(F)F)c1F. The Hall–Kier alpha value is -2.20. The smallest absolute Gasteiger partial charge is 0.419 e. The van der Waals surface area contributed by atoms with Gasteiger partial charge in [0, 0.05) is 15.9 Å². The molecule has 0 aliphatic rings. The van der Waals surface area contributed by atoms with E-state index in [1.54, 1.807) is 20.8 Å². The summed E-state index contributed by atoms with van der Waals surface area (Å²) in [5, 5.41) is 0. The van der Waals surface area contributed by atoms with Crippen molar-refractivity contribution in [3.8, 4) is 11.1 Å². The van der Waals surface area contributed by atoms with Crippen molar-refractivity contribution < 1.29 is 35.9 Å². The van der Waals surface area contributed by atoms with Crippen molar-refractivity contribution in [1.82, 2.24) is 4.72 Å². The van der Waals surface area contributed by atoms with Crippen molar-refractivity contribution in [2.24, 2.45) is 0 Å². The van der Waals surface area contributed by atoms with Crippen molar-refractivity contribution in [3.63, 3.8) is 0 Å². The molecule has 1 N–H and O–H groups in total. The third-order valence-corrected chi connectivity index (χ3v) is 6.39. The number of hydrogen-bond acceptors (Lipinski definition) is 4. The number of hydrogen-bond donors (Lipinski definition) is 1. The van der Waals surface area contributed by atoms with Crippen molar-refractivity contribution in [3.05, 3.63) is 57.4 Å². The molecule has 0 amide bonds. The molecule has 35 heavy (non-hydrogen) atoms. The molecule has 0 radical (unpaired) electrons. The van der Waals surface area contributed by atoms with E-state index in [-0.39, 0.29) is 28.9 Å².